The minimum absolute atomic E-state index is 0.318. The third kappa shape index (κ3) is 3.91. The molecule has 2 fully saturated rings. The summed E-state index contributed by atoms with van der Waals surface area (Å²) in [6.07, 6.45) is 3.34. The van der Waals surface area contributed by atoms with E-state index in [1.165, 1.54) is 5.57 Å². The van der Waals surface area contributed by atoms with E-state index in [1.54, 1.807) is 11.1 Å². The van der Waals surface area contributed by atoms with Crippen molar-refractivity contribution >= 4 is 23.9 Å². The summed E-state index contributed by atoms with van der Waals surface area (Å²) < 4.78 is 5.24. The number of ether oxygens (including phenoxy) is 1. The van der Waals surface area contributed by atoms with Gasteiger partial charge in [0.2, 0.25) is 6.41 Å². The van der Waals surface area contributed by atoms with Gasteiger partial charge < -0.3 is 15.0 Å². The lowest BCUT2D eigenvalue weighted by Crippen LogP contribution is -2.31. The number of rotatable bonds is 5. The first-order chi connectivity index (χ1) is 12.2. The quantitative estimate of drug-likeness (QED) is 0.659. The van der Waals surface area contributed by atoms with E-state index in [-0.39, 0.29) is 6.10 Å². The number of nitrogens with zero attached hydrogens (tertiary/aromatic N) is 3. The molecule has 2 aliphatic heterocycles. The Morgan fingerprint density at radius 2 is 1.92 bits per heavy atom. The molecule has 2 amide bonds. The fourth-order valence-electron chi connectivity index (χ4n) is 3.13. The predicted molar refractivity (Wildman–Crippen MR) is 94.3 cm³/mol. The molecule has 1 N–H and O–H groups in total. The first-order valence-corrected chi connectivity index (χ1v) is 8.26. The second-order valence-corrected chi connectivity index (χ2v) is 6.06. The van der Waals surface area contributed by atoms with E-state index in [2.05, 4.69) is 15.1 Å². The number of amides is 2. The topological polar surface area (TPSA) is 66.2 Å². The number of carbonyl (C=O) groups excluding carboxylic acids is 2. The summed E-state index contributed by atoms with van der Waals surface area (Å²) in [5.74, 6) is 0. The largest absolute Gasteiger partial charge is 0.442 e. The van der Waals surface area contributed by atoms with E-state index in [1.807, 2.05) is 24.3 Å². The summed E-state index contributed by atoms with van der Waals surface area (Å²) in [5, 5.41) is 2.53. The van der Waals surface area contributed by atoms with Gasteiger partial charge in [0.25, 0.3) is 0 Å². The van der Waals surface area contributed by atoms with E-state index >= 15 is 0 Å². The molecule has 0 unspecified atom stereocenters. The standard InChI is InChI=1S/C18H20N4O3/c1-19-10-14-6-8-21(9-7-14)15-2-4-16(5-3-15)22-12-17(11-20-13-23)25-18(22)24/h2-5,10,13,17H,6-9,11-12H2,(H,20,23)/t17-/m0/s1. The molecule has 0 aliphatic carbocycles. The van der Waals surface area contributed by atoms with Gasteiger partial charge in [-0.25, -0.2) is 9.64 Å². The van der Waals surface area contributed by atoms with Gasteiger partial charge in [-0.15, -0.1) is 0 Å². The van der Waals surface area contributed by atoms with Crippen molar-refractivity contribution in [3.05, 3.63) is 47.5 Å². The van der Waals surface area contributed by atoms with Crippen LogP contribution in [0.4, 0.5) is 16.2 Å². The first kappa shape index (κ1) is 16.8. The normalized spacial score (nSPS) is 20.0. The Morgan fingerprint density at radius 3 is 2.56 bits per heavy atom. The summed E-state index contributed by atoms with van der Waals surface area (Å²) >= 11 is 0. The lowest BCUT2D eigenvalue weighted by atomic mass is 10.0. The zero-order chi connectivity index (χ0) is 17.6. The second-order valence-electron chi connectivity index (χ2n) is 6.06. The number of benzene rings is 1. The number of carbonyl (C=O) groups is 2. The Labute approximate surface area is 146 Å². The van der Waals surface area contributed by atoms with Crippen molar-refractivity contribution in [3.63, 3.8) is 0 Å². The highest BCUT2D eigenvalue weighted by molar-refractivity contribution is 5.90. The van der Waals surface area contributed by atoms with Gasteiger partial charge in [-0.05, 0) is 37.1 Å². The van der Waals surface area contributed by atoms with Gasteiger partial charge in [-0.2, -0.15) is 0 Å². The van der Waals surface area contributed by atoms with Crippen molar-refractivity contribution in [1.29, 1.82) is 0 Å². The maximum atomic E-state index is 12.0. The lowest BCUT2D eigenvalue weighted by molar-refractivity contribution is -0.109. The minimum atomic E-state index is -0.391. The molecule has 1 atom stereocenters. The summed E-state index contributed by atoms with van der Waals surface area (Å²) in [6, 6.07) is 7.83. The molecule has 1 aromatic rings. The van der Waals surface area contributed by atoms with Gasteiger partial charge in [0.15, 0.2) is 6.20 Å². The maximum Gasteiger partial charge on any atom is 0.414 e. The van der Waals surface area contributed by atoms with E-state index in [4.69, 9.17) is 11.3 Å². The molecule has 0 bridgehead atoms. The Bertz CT molecular complexity index is 698. The molecule has 0 saturated carbocycles. The van der Waals surface area contributed by atoms with Crippen molar-refractivity contribution in [2.24, 2.45) is 0 Å². The predicted octanol–water partition coefficient (Wildman–Crippen LogP) is 2.16. The zero-order valence-electron chi connectivity index (χ0n) is 13.9. The smallest absolute Gasteiger partial charge is 0.414 e. The van der Waals surface area contributed by atoms with Crippen molar-refractivity contribution < 1.29 is 14.3 Å². The molecule has 1 aromatic carbocycles. The third-order valence-electron chi connectivity index (χ3n) is 4.48. The molecule has 0 aromatic heterocycles. The van der Waals surface area contributed by atoms with Crippen LogP contribution in [-0.2, 0) is 9.53 Å². The zero-order valence-corrected chi connectivity index (χ0v) is 13.9. The molecule has 3 rings (SSSR count). The number of hydrogen-bond acceptors (Lipinski definition) is 4. The van der Waals surface area contributed by atoms with Crippen LogP contribution in [0.25, 0.3) is 4.85 Å². The summed E-state index contributed by atoms with van der Waals surface area (Å²) in [7, 11) is 0. The minimum Gasteiger partial charge on any atom is -0.442 e. The number of anilines is 2. The maximum absolute atomic E-state index is 12.0. The van der Waals surface area contributed by atoms with Crippen LogP contribution in [0.15, 0.2) is 36.0 Å². The Morgan fingerprint density at radius 1 is 1.24 bits per heavy atom. The molecule has 25 heavy (non-hydrogen) atoms. The van der Waals surface area contributed by atoms with Crippen molar-refractivity contribution in [3.8, 4) is 0 Å². The molecule has 2 heterocycles. The van der Waals surface area contributed by atoms with Crippen LogP contribution in [-0.4, -0.2) is 44.8 Å². The van der Waals surface area contributed by atoms with E-state index in [9.17, 15) is 9.59 Å². The Kier molecular flexibility index (Phi) is 5.19. The van der Waals surface area contributed by atoms with E-state index < -0.39 is 6.09 Å². The average molecular weight is 340 g/mol. The van der Waals surface area contributed by atoms with Crippen molar-refractivity contribution in [2.45, 2.75) is 18.9 Å². The van der Waals surface area contributed by atoms with Gasteiger partial charge in [0.05, 0.1) is 19.7 Å². The Hall–Kier alpha value is -3.01. The van der Waals surface area contributed by atoms with Crippen LogP contribution in [0.2, 0.25) is 0 Å². The molecule has 7 nitrogen and oxygen atoms in total. The number of cyclic esters (lactones) is 1. The molecule has 2 aliphatic rings. The highest BCUT2D eigenvalue weighted by atomic mass is 16.6. The van der Waals surface area contributed by atoms with Crippen LogP contribution in [0, 0.1) is 6.57 Å². The molecular weight excluding hydrogens is 320 g/mol. The van der Waals surface area contributed by atoms with Gasteiger partial charge >= 0.3 is 6.09 Å². The number of nitrogens with one attached hydrogen (secondary N) is 1. The number of piperidine rings is 1. The lowest BCUT2D eigenvalue weighted by Gasteiger charge is -2.30. The summed E-state index contributed by atoms with van der Waals surface area (Å²) in [5.41, 5.74) is 3.10. The van der Waals surface area contributed by atoms with Crippen LogP contribution in [0.1, 0.15) is 12.8 Å². The molecule has 7 heteroatoms. The van der Waals surface area contributed by atoms with Crippen LogP contribution >= 0.6 is 0 Å². The average Bonchev–Trinajstić information content (AvgIpc) is 3.02. The van der Waals surface area contributed by atoms with Crippen LogP contribution in [0.3, 0.4) is 0 Å². The SMILES string of the molecule is [C-]#[N+]C=C1CCN(c2ccc(N3C[C@H](CNC=O)OC3=O)cc2)CC1. The van der Waals surface area contributed by atoms with Crippen molar-refractivity contribution in [2.75, 3.05) is 36.0 Å². The van der Waals surface area contributed by atoms with Gasteiger partial charge in [0, 0.05) is 24.5 Å². The highest BCUT2D eigenvalue weighted by Crippen LogP contribution is 2.27. The van der Waals surface area contributed by atoms with Gasteiger partial charge in [0.1, 0.15) is 6.10 Å². The molecule has 2 saturated heterocycles. The molecule has 0 radical (unpaired) electrons. The van der Waals surface area contributed by atoms with Crippen LogP contribution < -0.4 is 15.1 Å². The van der Waals surface area contributed by atoms with Crippen LogP contribution in [0.5, 0.6) is 0 Å². The summed E-state index contributed by atoms with van der Waals surface area (Å²) in [4.78, 5) is 29.5. The number of hydrogen-bond donors (Lipinski definition) is 1. The van der Waals surface area contributed by atoms with Crippen molar-refractivity contribution in [1.82, 2.24) is 5.32 Å². The van der Waals surface area contributed by atoms with Gasteiger partial charge in [-0.3, -0.25) is 9.69 Å². The third-order valence-corrected chi connectivity index (χ3v) is 4.48. The fraction of sp³-hybridized carbons (Fsp3) is 0.389. The molecule has 130 valence electrons. The van der Waals surface area contributed by atoms with E-state index in [0.29, 0.717) is 19.5 Å². The fourth-order valence-corrected chi connectivity index (χ4v) is 3.13. The first-order valence-electron chi connectivity index (χ1n) is 8.26. The van der Waals surface area contributed by atoms with Gasteiger partial charge in [-0.1, -0.05) is 5.57 Å². The molecular formula is C18H20N4O3. The Balaban J connectivity index is 1.61. The summed E-state index contributed by atoms with van der Waals surface area (Å²) in [6.45, 7) is 9.43. The molecule has 0 spiro atoms. The highest BCUT2D eigenvalue weighted by Gasteiger charge is 2.32. The monoisotopic (exact) mass is 340 g/mol. The van der Waals surface area contributed by atoms with E-state index in [0.717, 1.165) is 37.3 Å². The second kappa shape index (κ2) is 7.71.